The molecule has 0 heterocycles. The summed E-state index contributed by atoms with van der Waals surface area (Å²) in [6.07, 6.45) is 5.15. The van der Waals surface area contributed by atoms with E-state index in [1.165, 1.54) is 25.7 Å². The number of ether oxygens (including phenoxy) is 3. The molecule has 1 aliphatic carbocycles. The molecule has 0 aromatic heterocycles. The summed E-state index contributed by atoms with van der Waals surface area (Å²) in [6, 6.07) is 4.47. The maximum atomic E-state index is 5.39. The Balaban J connectivity index is 2.23. The van der Waals surface area contributed by atoms with E-state index in [0.717, 1.165) is 5.69 Å². The lowest BCUT2D eigenvalue weighted by Crippen LogP contribution is -2.30. The van der Waals surface area contributed by atoms with Gasteiger partial charge in [0.05, 0.1) is 21.3 Å². The van der Waals surface area contributed by atoms with Crippen molar-refractivity contribution in [3.63, 3.8) is 0 Å². The summed E-state index contributed by atoms with van der Waals surface area (Å²) in [4.78, 5) is 0. The quantitative estimate of drug-likeness (QED) is 0.892. The number of anilines is 1. The molecule has 1 aromatic carbocycles. The first-order valence-corrected chi connectivity index (χ1v) is 7.26. The predicted octanol–water partition coefficient (Wildman–Crippen LogP) is 3.70. The molecule has 0 saturated heterocycles. The first-order valence-electron chi connectivity index (χ1n) is 7.26. The molecule has 112 valence electrons. The van der Waals surface area contributed by atoms with Crippen LogP contribution in [0.15, 0.2) is 12.1 Å². The van der Waals surface area contributed by atoms with Gasteiger partial charge in [0.2, 0.25) is 5.75 Å². The summed E-state index contributed by atoms with van der Waals surface area (Å²) in [5, 5.41) is 3.62. The molecule has 1 N–H and O–H groups in total. The Kier molecular flexibility index (Phi) is 4.99. The van der Waals surface area contributed by atoms with E-state index in [4.69, 9.17) is 14.2 Å². The second-order valence-electron chi connectivity index (χ2n) is 5.43. The summed E-state index contributed by atoms with van der Waals surface area (Å²) in [5.74, 6) is 2.72. The van der Waals surface area contributed by atoms with Crippen LogP contribution in [-0.4, -0.2) is 27.4 Å². The van der Waals surface area contributed by atoms with Gasteiger partial charge < -0.3 is 19.5 Å². The van der Waals surface area contributed by atoms with E-state index in [1.807, 2.05) is 12.1 Å². The molecule has 4 nitrogen and oxygen atoms in total. The van der Waals surface area contributed by atoms with Gasteiger partial charge in [-0.2, -0.15) is 0 Å². The fourth-order valence-corrected chi connectivity index (χ4v) is 2.91. The van der Waals surface area contributed by atoms with Crippen LogP contribution in [0.1, 0.15) is 32.6 Å². The van der Waals surface area contributed by atoms with Crippen molar-refractivity contribution in [1.29, 1.82) is 0 Å². The molecule has 2 atom stereocenters. The molecule has 0 aliphatic heterocycles. The van der Waals surface area contributed by atoms with Crippen molar-refractivity contribution < 1.29 is 14.2 Å². The molecular weight excluding hydrogens is 254 g/mol. The van der Waals surface area contributed by atoms with Crippen LogP contribution in [0.25, 0.3) is 0 Å². The van der Waals surface area contributed by atoms with Crippen molar-refractivity contribution in [3.8, 4) is 17.2 Å². The van der Waals surface area contributed by atoms with Gasteiger partial charge in [0.1, 0.15) is 0 Å². The standard InChI is InChI=1S/C16H25NO3/c1-11-7-5-6-8-13(11)17-12-9-14(18-2)16(20-4)15(10-12)19-3/h9-11,13,17H,5-8H2,1-4H3. The van der Waals surface area contributed by atoms with E-state index in [0.29, 0.717) is 29.2 Å². The Hall–Kier alpha value is -1.58. The third-order valence-corrected chi connectivity index (χ3v) is 4.13. The van der Waals surface area contributed by atoms with Gasteiger partial charge in [-0.1, -0.05) is 19.8 Å². The smallest absolute Gasteiger partial charge is 0.203 e. The molecule has 0 spiro atoms. The zero-order valence-corrected chi connectivity index (χ0v) is 12.9. The molecule has 4 heteroatoms. The van der Waals surface area contributed by atoms with Crippen molar-refractivity contribution in [1.82, 2.24) is 0 Å². The van der Waals surface area contributed by atoms with Gasteiger partial charge >= 0.3 is 0 Å². The van der Waals surface area contributed by atoms with Crippen LogP contribution in [0.5, 0.6) is 17.2 Å². The number of hydrogen-bond donors (Lipinski definition) is 1. The van der Waals surface area contributed by atoms with Crippen LogP contribution >= 0.6 is 0 Å². The van der Waals surface area contributed by atoms with E-state index >= 15 is 0 Å². The lowest BCUT2D eigenvalue weighted by atomic mass is 9.86. The average molecular weight is 279 g/mol. The van der Waals surface area contributed by atoms with Gasteiger partial charge in [-0.05, 0) is 18.8 Å². The van der Waals surface area contributed by atoms with Crippen LogP contribution in [0, 0.1) is 5.92 Å². The molecule has 0 bridgehead atoms. The van der Waals surface area contributed by atoms with Crippen LogP contribution in [-0.2, 0) is 0 Å². The van der Waals surface area contributed by atoms with Crippen molar-refractivity contribution in [3.05, 3.63) is 12.1 Å². The topological polar surface area (TPSA) is 39.7 Å². The summed E-state index contributed by atoms with van der Waals surface area (Å²) >= 11 is 0. The maximum Gasteiger partial charge on any atom is 0.203 e. The zero-order chi connectivity index (χ0) is 14.5. The van der Waals surface area contributed by atoms with Gasteiger partial charge in [-0.15, -0.1) is 0 Å². The molecule has 2 unspecified atom stereocenters. The molecule has 1 aliphatic rings. The minimum atomic E-state index is 0.520. The van der Waals surface area contributed by atoms with Crippen LogP contribution < -0.4 is 19.5 Å². The Morgan fingerprint density at radius 2 is 1.55 bits per heavy atom. The minimum absolute atomic E-state index is 0.520. The Bertz CT molecular complexity index is 422. The number of benzene rings is 1. The first-order chi connectivity index (χ1) is 9.69. The molecule has 1 fully saturated rings. The number of nitrogens with one attached hydrogen (secondary N) is 1. The molecule has 1 aromatic rings. The largest absolute Gasteiger partial charge is 0.493 e. The summed E-state index contributed by atoms with van der Waals surface area (Å²) in [7, 11) is 4.91. The minimum Gasteiger partial charge on any atom is -0.493 e. The SMILES string of the molecule is COc1cc(NC2CCCCC2C)cc(OC)c1OC. The monoisotopic (exact) mass is 279 g/mol. The molecular formula is C16H25NO3. The number of hydrogen-bond acceptors (Lipinski definition) is 4. The molecule has 1 saturated carbocycles. The first kappa shape index (κ1) is 14.8. The average Bonchev–Trinajstić information content (AvgIpc) is 2.48. The Morgan fingerprint density at radius 1 is 0.950 bits per heavy atom. The normalized spacial score (nSPS) is 22.2. The van der Waals surface area contributed by atoms with Crippen LogP contribution in [0.2, 0.25) is 0 Å². The third-order valence-electron chi connectivity index (χ3n) is 4.13. The molecule has 0 radical (unpaired) electrons. The zero-order valence-electron chi connectivity index (χ0n) is 12.9. The Labute approximate surface area is 121 Å². The van der Waals surface area contributed by atoms with Gasteiger partial charge in [0, 0.05) is 23.9 Å². The van der Waals surface area contributed by atoms with Gasteiger partial charge in [0.25, 0.3) is 0 Å². The predicted molar refractivity (Wildman–Crippen MR) is 81.1 cm³/mol. The lowest BCUT2D eigenvalue weighted by Gasteiger charge is -2.30. The summed E-state index contributed by atoms with van der Waals surface area (Å²) < 4.78 is 16.1. The summed E-state index contributed by atoms with van der Waals surface area (Å²) in [6.45, 7) is 2.31. The van der Waals surface area contributed by atoms with Crippen molar-refractivity contribution in [2.24, 2.45) is 5.92 Å². The van der Waals surface area contributed by atoms with Crippen molar-refractivity contribution >= 4 is 5.69 Å². The molecule has 0 amide bonds. The molecule has 20 heavy (non-hydrogen) atoms. The van der Waals surface area contributed by atoms with Crippen molar-refractivity contribution in [2.75, 3.05) is 26.6 Å². The van der Waals surface area contributed by atoms with Crippen LogP contribution in [0.4, 0.5) is 5.69 Å². The van der Waals surface area contributed by atoms with Crippen molar-refractivity contribution in [2.45, 2.75) is 38.6 Å². The Morgan fingerprint density at radius 3 is 2.05 bits per heavy atom. The fourth-order valence-electron chi connectivity index (χ4n) is 2.91. The highest BCUT2D eigenvalue weighted by atomic mass is 16.5. The highest BCUT2D eigenvalue weighted by molar-refractivity contribution is 5.62. The number of methoxy groups -OCH3 is 3. The number of rotatable bonds is 5. The van der Waals surface area contributed by atoms with E-state index in [1.54, 1.807) is 21.3 Å². The lowest BCUT2D eigenvalue weighted by molar-refractivity contribution is 0.324. The highest BCUT2D eigenvalue weighted by Gasteiger charge is 2.22. The van der Waals surface area contributed by atoms with Gasteiger partial charge in [0.15, 0.2) is 11.5 Å². The van der Waals surface area contributed by atoms with Gasteiger partial charge in [-0.3, -0.25) is 0 Å². The maximum absolute atomic E-state index is 5.39. The van der Waals surface area contributed by atoms with Gasteiger partial charge in [-0.25, -0.2) is 0 Å². The third kappa shape index (κ3) is 3.11. The second kappa shape index (κ2) is 6.73. The molecule has 2 rings (SSSR count). The highest BCUT2D eigenvalue weighted by Crippen LogP contribution is 2.40. The van der Waals surface area contributed by atoms with E-state index < -0.39 is 0 Å². The van der Waals surface area contributed by atoms with E-state index in [-0.39, 0.29) is 0 Å². The van der Waals surface area contributed by atoms with Crippen LogP contribution in [0.3, 0.4) is 0 Å². The summed E-state index contributed by atoms with van der Waals surface area (Å²) in [5.41, 5.74) is 1.03. The fraction of sp³-hybridized carbons (Fsp3) is 0.625. The second-order valence-corrected chi connectivity index (χ2v) is 5.43. The van der Waals surface area contributed by atoms with E-state index in [9.17, 15) is 0 Å². The van der Waals surface area contributed by atoms with E-state index in [2.05, 4.69) is 12.2 Å².